The van der Waals surface area contributed by atoms with Crippen molar-refractivity contribution in [2.24, 2.45) is 0 Å². The zero-order valence-corrected chi connectivity index (χ0v) is 20.8. The number of nitrogens with zero attached hydrogens (tertiary/aromatic N) is 2. The molecule has 0 atom stereocenters. The van der Waals surface area contributed by atoms with Crippen molar-refractivity contribution in [2.45, 2.75) is 44.3 Å². The molecular weight excluding hydrogens is 459 g/mol. The van der Waals surface area contributed by atoms with Crippen LogP contribution >= 0.6 is 12.4 Å². The predicted octanol–water partition coefficient (Wildman–Crippen LogP) is 7.04. The van der Waals surface area contributed by atoms with Crippen LogP contribution in [0.15, 0.2) is 79.0 Å². The number of aromatic nitrogens is 1. The van der Waals surface area contributed by atoms with Gasteiger partial charge in [-0.05, 0) is 85.7 Å². The van der Waals surface area contributed by atoms with E-state index in [2.05, 4.69) is 64.2 Å². The van der Waals surface area contributed by atoms with Crippen LogP contribution in [-0.2, 0) is 23.4 Å². The van der Waals surface area contributed by atoms with Gasteiger partial charge in [-0.25, -0.2) is 4.39 Å². The van der Waals surface area contributed by atoms with Crippen LogP contribution in [0.2, 0.25) is 0 Å². The van der Waals surface area contributed by atoms with Crippen molar-refractivity contribution < 1.29 is 9.13 Å². The molecule has 0 N–H and O–H groups in total. The molecule has 2 aliphatic rings. The van der Waals surface area contributed by atoms with E-state index in [1.807, 2.05) is 12.1 Å². The van der Waals surface area contributed by atoms with Crippen LogP contribution in [0.25, 0.3) is 16.6 Å². The Bertz CT molecular complexity index is 1290. The molecule has 0 amide bonds. The Kier molecular flexibility index (Phi) is 6.97. The van der Waals surface area contributed by atoms with Crippen LogP contribution < -0.4 is 0 Å². The highest BCUT2D eigenvalue weighted by atomic mass is 35.5. The molecular formula is C30H32ClFN2O. The molecule has 1 spiro atoms. The number of hydrogen-bond donors (Lipinski definition) is 0. The summed E-state index contributed by atoms with van der Waals surface area (Å²) in [4.78, 5) is 2.61. The second-order valence-corrected chi connectivity index (χ2v) is 9.76. The lowest BCUT2D eigenvalue weighted by Gasteiger charge is -2.39. The summed E-state index contributed by atoms with van der Waals surface area (Å²) < 4.78 is 21.9. The highest BCUT2D eigenvalue weighted by Gasteiger charge is 2.42. The topological polar surface area (TPSA) is 17.4 Å². The third-order valence-corrected chi connectivity index (χ3v) is 7.75. The molecule has 3 nitrogen and oxygen atoms in total. The van der Waals surface area contributed by atoms with E-state index < -0.39 is 0 Å². The average molecular weight is 491 g/mol. The van der Waals surface area contributed by atoms with Gasteiger partial charge >= 0.3 is 0 Å². The van der Waals surface area contributed by atoms with Crippen molar-refractivity contribution >= 4 is 23.3 Å². The van der Waals surface area contributed by atoms with E-state index in [4.69, 9.17) is 4.74 Å². The normalized spacial score (nSPS) is 16.9. The Balaban J connectivity index is 0.00000253. The van der Waals surface area contributed by atoms with Gasteiger partial charge < -0.3 is 14.2 Å². The van der Waals surface area contributed by atoms with Crippen LogP contribution in [0.5, 0.6) is 0 Å². The van der Waals surface area contributed by atoms with E-state index in [1.165, 1.54) is 52.6 Å². The van der Waals surface area contributed by atoms with Crippen LogP contribution in [0.4, 0.5) is 4.39 Å². The maximum atomic E-state index is 13.4. The smallest absolute Gasteiger partial charge is 0.123 e. The molecule has 4 aromatic rings. The minimum atomic E-state index is -0.201. The first-order valence-electron chi connectivity index (χ1n) is 12.5. The monoisotopic (exact) mass is 490 g/mol. The number of fused-ring (bicyclic) bond motifs is 3. The van der Waals surface area contributed by atoms with E-state index in [0.29, 0.717) is 0 Å². The van der Waals surface area contributed by atoms with Crippen molar-refractivity contribution in [2.75, 3.05) is 19.6 Å². The number of halogens is 2. The summed E-state index contributed by atoms with van der Waals surface area (Å²) in [5.74, 6) is -0.201. The second kappa shape index (κ2) is 10.1. The lowest BCUT2D eigenvalue weighted by Crippen LogP contribution is -2.42. The van der Waals surface area contributed by atoms with E-state index >= 15 is 0 Å². The molecule has 3 aromatic carbocycles. The number of rotatable bonds is 6. The van der Waals surface area contributed by atoms with Crippen LogP contribution in [0.3, 0.4) is 0 Å². The summed E-state index contributed by atoms with van der Waals surface area (Å²) in [6.07, 6.45) is 7.84. The highest BCUT2D eigenvalue weighted by Crippen LogP contribution is 2.44. The molecule has 182 valence electrons. The number of para-hydroxylation sites is 1. The Hall–Kier alpha value is -2.66. The Morgan fingerprint density at radius 2 is 1.60 bits per heavy atom. The predicted molar refractivity (Wildman–Crippen MR) is 142 cm³/mol. The zero-order chi connectivity index (χ0) is 23.0. The lowest BCUT2D eigenvalue weighted by molar-refractivity contribution is -0.0788. The van der Waals surface area contributed by atoms with E-state index in [9.17, 15) is 4.39 Å². The van der Waals surface area contributed by atoms with Crippen molar-refractivity contribution in [3.8, 4) is 5.69 Å². The largest absolute Gasteiger partial charge is 0.365 e. The van der Waals surface area contributed by atoms with Crippen molar-refractivity contribution in [3.05, 3.63) is 102 Å². The van der Waals surface area contributed by atoms with Gasteiger partial charge in [-0.15, -0.1) is 12.4 Å². The number of benzene rings is 3. The third-order valence-electron chi connectivity index (χ3n) is 7.75. The lowest BCUT2D eigenvalue weighted by atomic mass is 9.84. The molecule has 1 aromatic heterocycles. The number of likely N-dealkylation sites (tertiary alicyclic amines) is 1. The minimum Gasteiger partial charge on any atom is -0.365 e. The summed E-state index contributed by atoms with van der Waals surface area (Å²) in [5.41, 5.74) is 6.30. The fraction of sp³-hybridized carbons (Fsp3) is 0.333. The van der Waals surface area contributed by atoms with Gasteiger partial charge in [0, 0.05) is 30.4 Å². The van der Waals surface area contributed by atoms with E-state index in [1.54, 1.807) is 0 Å². The molecule has 0 aliphatic carbocycles. The van der Waals surface area contributed by atoms with E-state index in [0.717, 1.165) is 51.2 Å². The fourth-order valence-corrected chi connectivity index (χ4v) is 5.85. The molecule has 0 radical (unpaired) electrons. The SMILES string of the molecule is Cl.Fc1ccc(-n2cc(CCCCN3CCC4(CC3)OCc3ccccc34)c3ccccc32)cc1. The van der Waals surface area contributed by atoms with Crippen LogP contribution in [0, 0.1) is 5.82 Å². The number of aryl methyl sites for hydroxylation is 1. The summed E-state index contributed by atoms with van der Waals surface area (Å²) in [7, 11) is 0. The molecule has 5 heteroatoms. The van der Waals surface area contributed by atoms with Crippen molar-refractivity contribution in [1.82, 2.24) is 9.47 Å². The van der Waals surface area contributed by atoms with Crippen LogP contribution in [-0.4, -0.2) is 29.1 Å². The fourth-order valence-electron chi connectivity index (χ4n) is 5.85. The van der Waals surface area contributed by atoms with Gasteiger partial charge in [0.05, 0.1) is 17.7 Å². The number of unbranched alkanes of at least 4 members (excludes halogenated alkanes) is 1. The molecule has 3 heterocycles. The minimum absolute atomic E-state index is 0. The van der Waals surface area contributed by atoms with Gasteiger partial charge in [0.25, 0.3) is 0 Å². The molecule has 0 bridgehead atoms. The Morgan fingerprint density at radius 3 is 2.43 bits per heavy atom. The van der Waals surface area contributed by atoms with Crippen molar-refractivity contribution in [1.29, 1.82) is 0 Å². The molecule has 2 aliphatic heterocycles. The molecule has 0 saturated carbocycles. The standard InChI is InChI=1S/C30H31FN2O.ClH/c31-25-12-14-26(15-13-25)33-21-23(27-9-2-4-11-29(27)33)7-5-6-18-32-19-16-30(17-20-32)28-10-3-1-8-24(28)22-34-30;/h1-4,8-15,21H,5-7,16-20,22H2;1H. The summed E-state index contributed by atoms with van der Waals surface area (Å²) in [6.45, 7) is 4.13. The van der Waals surface area contributed by atoms with Crippen LogP contribution in [0.1, 0.15) is 42.4 Å². The van der Waals surface area contributed by atoms with Crippen molar-refractivity contribution in [3.63, 3.8) is 0 Å². The van der Waals surface area contributed by atoms with Gasteiger partial charge in [0.2, 0.25) is 0 Å². The quantitative estimate of drug-likeness (QED) is 0.270. The third kappa shape index (κ3) is 4.63. The van der Waals surface area contributed by atoms with Gasteiger partial charge in [-0.2, -0.15) is 0 Å². The summed E-state index contributed by atoms with van der Waals surface area (Å²) >= 11 is 0. The molecule has 35 heavy (non-hydrogen) atoms. The summed E-state index contributed by atoms with van der Waals surface area (Å²) in [6, 6.07) is 24.0. The van der Waals surface area contributed by atoms with Gasteiger partial charge in [-0.1, -0.05) is 42.5 Å². The molecule has 0 unspecified atom stereocenters. The average Bonchev–Trinajstić information content (AvgIpc) is 3.43. The molecule has 1 fully saturated rings. The molecule has 1 saturated heterocycles. The molecule has 6 rings (SSSR count). The highest BCUT2D eigenvalue weighted by molar-refractivity contribution is 5.86. The first kappa shape index (κ1) is 24.1. The number of ether oxygens (including phenoxy) is 1. The second-order valence-electron chi connectivity index (χ2n) is 9.76. The van der Waals surface area contributed by atoms with Gasteiger partial charge in [0.15, 0.2) is 0 Å². The zero-order valence-electron chi connectivity index (χ0n) is 20.0. The maximum Gasteiger partial charge on any atom is 0.123 e. The van der Waals surface area contributed by atoms with E-state index in [-0.39, 0.29) is 23.8 Å². The first-order valence-corrected chi connectivity index (χ1v) is 12.5. The summed E-state index contributed by atoms with van der Waals surface area (Å²) in [5, 5.41) is 1.30. The van der Waals surface area contributed by atoms with Gasteiger partial charge in [0.1, 0.15) is 5.82 Å². The first-order chi connectivity index (χ1) is 16.7. The van der Waals surface area contributed by atoms with Gasteiger partial charge in [-0.3, -0.25) is 0 Å². The number of hydrogen-bond acceptors (Lipinski definition) is 2. The maximum absolute atomic E-state index is 13.4. The Morgan fingerprint density at radius 1 is 0.857 bits per heavy atom. The Labute approximate surface area is 212 Å². The number of piperidine rings is 1.